The van der Waals surface area contributed by atoms with Crippen molar-refractivity contribution in [3.8, 4) is 0 Å². The number of aromatic amines is 1. The highest BCUT2D eigenvalue weighted by Crippen LogP contribution is 2.21. The molecule has 6 heteroatoms. The Morgan fingerprint density at radius 3 is 2.86 bits per heavy atom. The van der Waals surface area contributed by atoms with E-state index in [2.05, 4.69) is 15.5 Å². The van der Waals surface area contributed by atoms with Crippen LogP contribution in [0.3, 0.4) is 0 Å². The fourth-order valence-corrected chi connectivity index (χ4v) is 2.30. The van der Waals surface area contributed by atoms with Crippen LogP contribution in [0.2, 0.25) is 5.15 Å². The van der Waals surface area contributed by atoms with Crippen molar-refractivity contribution in [1.82, 2.24) is 10.2 Å². The fourth-order valence-electron chi connectivity index (χ4n) is 2.09. The fraction of sp³-hybridized carbons (Fsp3) is 0.0667. The quantitative estimate of drug-likeness (QED) is 0.780. The summed E-state index contributed by atoms with van der Waals surface area (Å²) in [5.41, 5.74) is 1.26. The smallest absolute Gasteiger partial charge is 0.272 e. The van der Waals surface area contributed by atoms with Crippen LogP contribution in [0.15, 0.2) is 47.3 Å². The zero-order valence-electron chi connectivity index (χ0n) is 10.9. The molecule has 3 aromatic rings. The topological polar surface area (TPSA) is 57.8 Å². The highest BCUT2D eigenvalue weighted by atomic mass is 35.5. The van der Waals surface area contributed by atoms with Crippen LogP contribution in [0, 0.1) is 5.82 Å². The molecule has 0 saturated heterocycles. The van der Waals surface area contributed by atoms with Gasteiger partial charge in [0.25, 0.3) is 5.56 Å². The van der Waals surface area contributed by atoms with Crippen molar-refractivity contribution in [2.75, 3.05) is 5.32 Å². The number of anilines is 1. The zero-order valence-corrected chi connectivity index (χ0v) is 11.6. The first-order valence-corrected chi connectivity index (χ1v) is 6.67. The van der Waals surface area contributed by atoms with Gasteiger partial charge in [-0.25, -0.2) is 9.49 Å². The monoisotopic (exact) mass is 303 g/mol. The lowest BCUT2D eigenvalue weighted by atomic mass is 10.1. The summed E-state index contributed by atoms with van der Waals surface area (Å²) in [6, 6.07) is 11.6. The summed E-state index contributed by atoms with van der Waals surface area (Å²) in [5.74, 6) is -0.276. The number of fused-ring (bicyclic) bond motifs is 1. The average Bonchev–Trinajstić information content (AvgIpc) is 2.49. The molecule has 0 saturated carbocycles. The number of nitrogens with one attached hydrogen (secondary N) is 2. The van der Waals surface area contributed by atoms with Gasteiger partial charge in [0.15, 0.2) is 5.15 Å². The van der Waals surface area contributed by atoms with E-state index in [1.165, 1.54) is 12.1 Å². The molecule has 21 heavy (non-hydrogen) atoms. The first-order chi connectivity index (χ1) is 10.1. The van der Waals surface area contributed by atoms with Gasteiger partial charge in [0.05, 0.1) is 5.39 Å². The van der Waals surface area contributed by atoms with Crippen LogP contribution >= 0.6 is 11.6 Å². The Bertz CT molecular complexity index is 863. The zero-order chi connectivity index (χ0) is 14.8. The van der Waals surface area contributed by atoms with Gasteiger partial charge in [-0.2, -0.15) is 5.10 Å². The van der Waals surface area contributed by atoms with Crippen LogP contribution in [-0.4, -0.2) is 10.2 Å². The number of nitrogens with zero attached hydrogens (tertiary/aromatic N) is 1. The molecule has 1 heterocycles. The van der Waals surface area contributed by atoms with E-state index in [0.29, 0.717) is 17.3 Å². The second-order valence-electron chi connectivity index (χ2n) is 4.59. The van der Waals surface area contributed by atoms with Gasteiger partial charge in [0.2, 0.25) is 0 Å². The molecule has 0 amide bonds. The van der Waals surface area contributed by atoms with Crippen LogP contribution in [0.4, 0.5) is 10.1 Å². The van der Waals surface area contributed by atoms with Crippen LogP contribution < -0.4 is 10.9 Å². The van der Waals surface area contributed by atoms with Gasteiger partial charge >= 0.3 is 0 Å². The molecule has 0 aliphatic carbocycles. The Balaban J connectivity index is 1.88. The molecule has 0 aliphatic heterocycles. The van der Waals surface area contributed by atoms with Gasteiger partial charge in [-0.1, -0.05) is 23.7 Å². The Hall–Kier alpha value is -2.40. The van der Waals surface area contributed by atoms with Gasteiger partial charge in [-0.05, 0) is 35.9 Å². The first kappa shape index (κ1) is 13.6. The van der Waals surface area contributed by atoms with E-state index in [-0.39, 0.29) is 16.5 Å². The molecule has 0 fully saturated rings. The maximum absolute atomic E-state index is 13.1. The minimum Gasteiger partial charge on any atom is -0.381 e. The van der Waals surface area contributed by atoms with E-state index in [9.17, 15) is 9.18 Å². The maximum Gasteiger partial charge on any atom is 0.272 e. The van der Waals surface area contributed by atoms with E-state index in [0.717, 1.165) is 11.3 Å². The van der Waals surface area contributed by atoms with Crippen molar-refractivity contribution in [2.24, 2.45) is 0 Å². The SMILES string of the molecule is O=c1[nH]nc(Cl)c2ccc(NCc3cccc(F)c3)cc12. The van der Waals surface area contributed by atoms with E-state index in [1.807, 2.05) is 6.07 Å². The second kappa shape index (κ2) is 5.54. The van der Waals surface area contributed by atoms with Crippen molar-refractivity contribution in [3.05, 3.63) is 69.4 Å². The third-order valence-corrected chi connectivity index (χ3v) is 3.42. The third-order valence-electron chi connectivity index (χ3n) is 3.13. The van der Waals surface area contributed by atoms with Crippen molar-refractivity contribution < 1.29 is 4.39 Å². The Kier molecular flexibility index (Phi) is 3.58. The Labute approximate surface area is 124 Å². The molecular formula is C15H11ClFN3O. The normalized spacial score (nSPS) is 10.8. The van der Waals surface area contributed by atoms with Crippen LogP contribution in [0.5, 0.6) is 0 Å². The molecule has 0 radical (unpaired) electrons. The van der Waals surface area contributed by atoms with E-state index < -0.39 is 0 Å². The van der Waals surface area contributed by atoms with E-state index in [1.54, 1.807) is 24.3 Å². The summed E-state index contributed by atoms with van der Waals surface area (Å²) in [6.45, 7) is 0.458. The van der Waals surface area contributed by atoms with Crippen LogP contribution in [0.1, 0.15) is 5.56 Å². The minimum absolute atomic E-state index is 0.251. The first-order valence-electron chi connectivity index (χ1n) is 6.30. The molecule has 2 aromatic carbocycles. The highest BCUT2D eigenvalue weighted by Gasteiger charge is 2.05. The standard InChI is InChI=1S/C15H11ClFN3O/c16-14-12-5-4-11(7-13(12)15(21)20-19-14)18-8-9-2-1-3-10(17)6-9/h1-7,18H,8H2,(H,20,21). The number of H-pyrrole nitrogens is 1. The van der Waals surface area contributed by atoms with Gasteiger partial charge in [0.1, 0.15) is 5.82 Å². The van der Waals surface area contributed by atoms with Gasteiger partial charge < -0.3 is 5.32 Å². The summed E-state index contributed by atoms with van der Waals surface area (Å²) in [7, 11) is 0. The van der Waals surface area contributed by atoms with Crippen molar-refractivity contribution in [1.29, 1.82) is 0 Å². The number of hydrogen-bond donors (Lipinski definition) is 2. The number of aromatic nitrogens is 2. The Morgan fingerprint density at radius 1 is 1.19 bits per heavy atom. The van der Waals surface area contributed by atoms with E-state index >= 15 is 0 Å². The summed E-state index contributed by atoms with van der Waals surface area (Å²) >= 11 is 5.93. The number of halogens is 2. The van der Waals surface area contributed by atoms with Gasteiger partial charge in [-0.15, -0.1) is 0 Å². The molecule has 0 aliphatic rings. The summed E-state index contributed by atoms with van der Waals surface area (Å²) in [6.07, 6.45) is 0. The molecular weight excluding hydrogens is 293 g/mol. The predicted molar refractivity (Wildman–Crippen MR) is 81.1 cm³/mol. The van der Waals surface area contributed by atoms with E-state index in [4.69, 9.17) is 11.6 Å². The summed E-state index contributed by atoms with van der Waals surface area (Å²) in [5, 5.41) is 10.5. The molecule has 4 nitrogen and oxygen atoms in total. The molecule has 3 rings (SSSR count). The predicted octanol–water partition coefficient (Wildman–Crippen LogP) is 3.33. The van der Waals surface area contributed by atoms with Gasteiger partial charge in [0, 0.05) is 17.6 Å². The minimum atomic E-state index is -0.302. The molecule has 2 N–H and O–H groups in total. The van der Waals surface area contributed by atoms with Crippen molar-refractivity contribution in [3.63, 3.8) is 0 Å². The summed E-state index contributed by atoms with van der Waals surface area (Å²) in [4.78, 5) is 11.7. The average molecular weight is 304 g/mol. The lowest BCUT2D eigenvalue weighted by Gasteiger charge is -2.08. The Morgan fingerprint density at radius 2 is 2.05 bits per heavy atom. The lowest BCUT2D eigenvalue weighted by Crippen LogP contribution is -2.09. The largest absolute Gasteiger partial charge is 0.381 e. The third kappa shape index (κ3) is 2.87. The molecule has 1 aromatic heterocycles. The van der Waals surface area contributed by atoms with Crippen LogP contribution in [0.25, 0.3) is 10.8 Å². The number of hydrogen-bond acceptors (Lipinski definition) is 3. The second-order valence-corrected chi connectivity index (χ2v) is 4.95. The van der Waals surface area contributed by atoms with Crippen molar-refractivity contribution in [2.45, 2.75) is 6.54 Å². The lowest BCUT2D eigenvalue weighted by molar-refractivity contribution is 0.626. The maximum atomic E-state index is 13.1. The van der Waals surface area contributed by atoms with Crippen molar-refractivity contribution >= 4 is 28.1 Å². The number of rotatable bonds is 3. The molecule has 0 unspecified atom stereocenters. The van der Waals surface area contributed by atoms with Crippen LogP contribution in [-0.2, 0) is 6.54 Å². The number of benzene rings is 2. The molecule has 0 bridgehead atoms. The summed E-state index contributed by atoms with van der Waals surface area (Å²) < 4.78 is 13.1. The highest BCUT2D eigenvalue weighted by molar-refractivity contribution is 6.34. The molecule has 106 valence electrons. The molecule has 0 spiro atoms. The van der Waals surface area contributed by atoms with Gasteiger partial charge in [-0.3, -0.25) is 4.79 Å². The molecule has 0 atom stereocenters.